The molecule has 0 radical (unpaired) electrons. The molecule has 4 heteroatoms. The first-order valence-corrected chi connectivity index (χ1v) is 12.6. The molecule has 1 unspecified atom stereocenters. The average molecular weight is 363 g/mol. The van der Waals surface area contributed by atoms with Crippen LogP contribution in [0.2, 0.25) is 19.6 Å². The average Bonchev–Trinajstić information content (AvgIpc) is 2.99. The van der Waals surface area contributed by atoms with Gasteiger partial charge in [0.15, 0.2) is 0 Å². The molecule has 0 aliphatic rings. The molecule has 134 valence electrons. The Labute approximate surface area is 157 Å². The lowest BCUT2D eigenvalue weighted by Crippen LogP contribution is -2.16. The quantitative estimate of drug-likeness (QED) is 0.453. The van der Waals surface area contributed by atoms with E-state index in [2.05, 4.69) is 84.0 Å². The maximum absolute atomic E-state index is 5.92. The Hall–Kier alpha value is -2.35. The number of aromatic nitrogens is 2. The van der Waals surface area contributed by atoms with Gasteiger partial charge in [-0.3, -0.25) is 4.98 Å². The van der Waals surface area contributed by atoms with Crippen molar-refractivity contribution in [1.82, 2.24) is 9.55 Å². The molecule has 2 aromatic heterocycles. The zero-order chi connectivity index (χ0) is 18.7. The van der Waals surface area contributed by atoms with Gasteiger partial charge >= 0.3 is 0 Å². The van der Waals surface area contributed by atoms with E-state index in [0.717, 1.165) is 22.5 Å². The summed E-state index contributed by atoms with van der Waals surface area (Å²) in [5.41, 5.74) is 7.56. The van der Waals surface area contributed by atoms with Crippen LogP contribution in [-0.2, 0) is 4.74 Å². The van der Waals surface area contributed by atoms with E-state index in [-0.39, 0.29) is 6.23 Å². The lowest BCUT2D eigenvalue weighted by Gasteiger charge is -2.19. The smallest absolute Gasteiger partial charge is 0.131 e. The van der Waals surface area contributed by atoms with E-state index in [0.29, 0.717) is 6.61 Å². The largest absolute Gasteiger partial charge is 0.359 e. The molecule has 0 fully saturated rings. The van der Waals surface area contributed by atoms with E-state index in [4.69, 9.17) is 4.74 Å². The minimum atomic E-state index is -1.46. The number of nitrogens with zero attached hydrogens (tertiary/aromatic N) is 2. The third-order valence-corrected chi connectivity index (χ3v) is 5.02. The second-order valence-electron chi connectivity index (χ2n) is 7.41. The van der Waals surface area contributed by atoms with Gasteiger partial charge in [-0.05, 0) is 38.1 Å². The summed E-state index contributed by atoms with van der Waals surface area (Å²) in [5.74, 6) is 3.39. The maximum Gasteiger partial charge on any atom is 0.131 e. The summed E-state index contributed by atoms with van der Waals surface area (Å²) < 4.78 is 8.14. The van der Waals surface area contributed by atoms with Gasteiger partial charge in [-0.25, -0.2) is 0 Å². The third kappa shape index (κ3) is 3.90. The van der Waals surface area contributed by atoms with Crippen molar-refractivity contribution in [2.75, 3.05) is 6.61 Å². The summed E-state index contributed by atoms with van der Waals surface area (Å²) >= 11 is 0. The molecule has 0 aliphatic heterocycles. The number of rotatable bonds is 4. The summed E-state index contributed by atoms with van der Waals surface area (Å²) in [5, 5.41) is 1.18. The maximum atomic E-state index is 5.92. The van der Waals surface area contributed by atoms with Gasteiger partial charge in [0.1, 0.15) is 20.0 Å². The number of hydrogen-bond donors (Lipinski definition) is 0. The Morgan fingerprint density at radius 3 is 2.65 bits per heavy atom. The van der Waals surface area contributed by atoms with Crippen LogP contribution in [0.5, 0.6) is 0 Å². The third-order valence-electron chi connectivity index (χ3n) is 4.14. The first kappa shape index (κ1) is 18.4. The van der Waals surface area contributed by atoms with E-state index >= 15 is 0 Å². The molecule has 0 spiro atoms. The highest BCUT2D eigenvalue weighted by Crippen LogP contribution is 2.32. The molecule has 0 saturated heterocycles. The number of fused-ring (bicyclic) bond motifs is 1. The Morgan fingerprint density at radius 2 is 1.92 bits per heavy atom. The van der Waals surface area contributed by atoms with E-state index in [1.165, 1.54) is 5.39 Å². The van der Waals surface area contributed by atoms with Gasteiger partial charge in [0.05, 0.1) is 16.8 Å². The van der Waals surface area contributed by atoms with E-state index in [1.807, 2.05) is 19.2 Å². The molecule has 1 atom stereocenters. The molecule has 1 aromatic carbocycles. The molecule has 3 rings (SSSR count). The number of para-hydroxylation sites is 1. The van der Waals surface area contributed by atoms with Gasteiger partial charge in [-0.2, -0.15) is 0 Å². The molecule has 26 heavy (non-hydrogen) atoms. The number of pyridine rings is 1. The Kier molecular flexibility index (Phi) is 5.31. The van der Waals surface area contributed by atoms with Crippen LogP contribution >= 0.6 is 0 Å². The second-order valence-corrected chi connectivity index (χ2v) is 12.2. The van der Waals surface area contributed by atoms with Crippen LogP contribution in [0.4, 0.5) is 0 Å². The van der Waals surface area contributed by atoms with Crippen molar-refractivity contribution >= 4 is 19.0 Å². The lowest BCUT2D eigenvalue weighted by atomic mass is 10.1. The van der Waals surface area contributed by atoms with Crippen LogP contribution in [0.1, 0.15) is 25.6 Å². The second kappa shape index (κ2) is 7.49. The van der Waals surface area contributed by atoms with Crippen LogP contribution in [0.3, 0.4) is 0 Å². The molecular formula is C22H26N2OSi. The number of hydrogen-bond acceptors (Lipinski definition) is 2. The van der Waals surface area contributed by atoms with E-state index in [9.17, 15) is 0 Å². The van der Waals surface area contributed by atoms with Crippen molar-refractivity contribution in [2.45, 2.75) is 39.7 Å². The standard InChI is InChI=1S/C22H26N2OSi/c1-6-25-17(2)24-20-12-8-7-10-19(20)16-21(24)22-18(11-9-14-23-22)13-15-26(3,4)5/h7-12,14,16-17H,6H2,1-5H3. The van der Waals surface area contributed by atoms with E-state index < -0.39 is 8.07 Å². The van der Waals surface area contributed by atoms with Crippen LogP contribution in [0.25, 0.3) is 22.3 Å². The molecule has 3 aromatic rings. The Morgan fingerprint density at radius 1 is 1.15 bits per heavy atom. The molecule has 0 amide bonds. The minimum absolute atomic E-state index is 0.0743. The lowest BCUT2D eigenvalue weighted by molar-refractivity contribution is 0.0291. The Balaban J connectivity index is 2.23. The van der Waals surface area contributed by atoms with Crippen molar-refractivity contribution in [2.24, 2.45) is 0 Å². The van der Waals surface area contributed by atoms with Crippen LogP contribution < -0.4 is 0 Å². The van der Waals surface area contributed by atoms with Gasteiger partial charge in [0.2, 0.25) is 0 Å². The molecule has 3 nitrogen and oxygen atoms in total. The molecular weight excluding hydrogens is 336 g/mol. The molecule has 0 bridgehead atoms. The van der Waals surface area contributed by atoms with Crippen molar-refractivity contribution in [3.8, 4) is 22.9 Å². The highest BCUT2D eigenvalue weighted by molar-refractivity contribution is 6.83. The summed E-state index contributed by atoms with van der Waals surface area (Å²) in [6.07, 6.45) is 1.76. The van der Waals surface area contributed by atoms with Gasteiger partial charge in [0.25, 0.3) is 0 Å². The number of ether oxygens (including phenoxy) is 1. The highest BCUT2D eigenvalue weighted by atomic mass is 28.3. The summed E-state index contributed by atoms with van der Waals surface area (Å²) in [6.45, 7) is 11.5. The number of benzene rings is 1. The van der Waals surface area contributed by atoms with Crippen molar-refractivity contribution < 1.29 is 4.74 Å². The predicted octanol–water partition coefficient (Wildman–Crippen LogP) is 5.49. The van der Waals surface area contributed by atoms with Crippen LogP contribution in [0, 0.1) is 11.5 Å². The molecule has 0 saturated carbocycles. The predicted molar refractivity (Wildman–Crippen MR) is 112 cm³/mol. The fraction of sp³-hybridized carbons (Fsp3) is 0.318. The first-order chi connectivity index (χ1) is 12.4. The summed E-state index contributed by atoms with van der Waals surface area (Å²) in [4.78, 5) is 4.68. The normalized spacial score (nSPS) is 12.7. The van der Waals surface area contributed by atoms with Crippen molar-refractivity contribution in [3.05, 3.63) is 54.2 Å². The first-order valence-electron chi connectivity index (χ1n) is 9.11. The fourth-order valence-corrected chi connectivity index (χ4v) is 3.54. The van der Waals surface area contributed by atoms with Crippen molar-refractivity contribution in [3.63, 3.8) is 0 Å². The highest BCUT2D eigenvalue weighted by Gasteiger charge is 2.18. The minimum Gasteiger partial charge on any atom is -0.359 e. The zero-order valence-corrected chi connectivity index (χ0v) is 17.2. The van der Waals surface area contributed by atoms with E-state index in [1.54, 1.807) is 0 Å². The van der Waals surface area contributed by atoms with Gasteiger partial charge in [0, 0.05) is 18.2 Å². The topological polar surface area (TPSA) is 27.1 Å². The van der Waals surface area contributed by atoms with Crippen LogP contribution in [0.15, 0.2) is 48.7 Å². The summed E-state index contributed by atoms with van der Waals surface area (Å²) in [7, 11) is -1.46. The summed E-state index contributed by atoms with van der Waals surface area (Å²) in [6, 6.07) is 14.6. The van der Waals surface area contributed by atoms with Crippen molar-refractivity contribution in [1.29, 1.82) is 0 Å². The van der Waals surface area contributed by atoms with Gasteiger partial charge < -0.3 is 9.30 Å². The zero-order valence-electron chi connectivity index (χ0n) is 16.2. The SMILES string of the molecule is CCOC(C)n1c(-c2ncccc2C#C[Si](C)(C)C)cc2ccccc21. The molecule has 0 aliphatic carbocycles. The van der Waals surface area contributed by atoms with Gasteiger partial charge in [-0.15, -0.1) is 5.54 Å². The monoisotopic (exact) mass is 362 g/mol. The fourth-order valence-electron chi connectivity index (χ4n) is 3.03. The molecule has 0 N–H and O–H groups in total. The Bertz CT molecular complexity index is 973. The van der Waals surface area contributed by atoms with Gasteiger partial charge in [-0.1, -0.05) is 43.8 Å². The van der Waals surface area contributed by atoms with Crippen LogP contribution in [-0.4, -0.2) is 24.2 Å². The molecule has 2 heterocycles.